The number of hydrogen-bond acceptors (Lipinski definition) is 12. The quantitative estimate of drug-likeness (QED) is 0.0678. The summed E-state index contributed by atoms with van der Waals surface area (Å²) in [5, 5.41) is 0. The van der Waals surface area contributed by atoms with Crippen LogP contribution < -0.4 is 0 Å². The van der Waals surface area contributed by atoms with Crippen molar-refractivity contribution in [2.24, 2.45) is 0 Å². The zero-order valence-corrected chi connectivity index (χ0v) is 37.0. The first-order valence-electron chi connectivity index (χ1n) is 19.1. The van der Waals surface area contributed by atoms with E-state index in [1.807, 2.05) is 24.3 Å². The van der Waals surface area contributed by atoms with E-state index in [-0.39, 0.29) is 23.9 Å². The van der Waals surface area contributed by atoms with Crippen LogP contribution >= 0.6 is 45.3 Å². The number of methoxy groups -OCH3 is 4. The van der Waals surface area contributed by atoms with Crippen LogP contribution in [-0.2, 0) is 18.9 Å². The molecule has 12 heteroatoms. The molecule has 0 unspecified atom stereocenters. The number of esters is 4. The molecule has 308 valence electrons. The Morgan fingerprint density at radius 1 is 0.290 bits per heavy atom. The monoisotopic (exact) mass is 892 g/mol. The fraction of sp³-hybridized carbons (Fsp3) is 0.0800. The SMILES string of the molecule is COC(=O)c1ccc(-c2ccc(C(=C(c3ccc(-c4ccc(C(=O)OC)s4)cc3)c3ccc(-c4ccc(C(=O)OC)s4)cc3)c3ccc(-c4ccc(C(=O)OC)s4)cc3)cc2)s1. The Morgan fingerprint density at radius 2 is 0.484 bits per heavy atom. The van der Waals surface area contributed by atoms with E-state index in [1.54, 1.807) is 24.3 Å². The maximum Gasteiger partial charge on any atom is 0.348 e. The standard InChI is InChI=1S/C50H36O8S4/c1-55-47(51)41-25-21-37(59-41)29-5-13-33(14-6-29)45(34-15-7-30(8-16-34)38-22-26-42(60-38)48(52)56-2)46(35-17-9-31(10-18-35)39-23-27-43(61-39)49(53)57-3)36-19-11-32(12-20-36)40-24-28-44(62-40)50(54)58-4/h5-28H,1-4H3. The van der Waals surface area contributed by atoms with Gasteiger partial charge in [0.15, 0.2) is 0 Å². The summed E-state index contributed by atoms with van der Waals surface area (Å²) in [7, 11) is 5.51. The Hall–Kier alpha value is -6.70. The minimum Gasteiger partial charge on any atom is -0.465 e. The van der Waals surface area contributed by atoms with E-state index >= 15 is 0 Å². The van der Waals surface area contributed by atoms with Gasteiger partial charge in [-0.15, -0.1) is 45.3 Å². The van der Waals surface area contributed by atoms with Gasteiger partial charge in [-0.1, -0.05) is 97.1 Å². The number of benzene rings is 4. The molecule has 8 nitrogen and oxygen atoms in total. The van der Waals surface area contributed by atoms with Gasteiger partial charge in [0, 0.05) is 19.5 Å². The van der Waals surface area contributed by atoms with Gasteiger partial charge in [-0.25, -0.2) is 19.2 Å². The molecule has 4 aromatic carbocycles. The molecule has 0 amide bonds. The number of hydrogen-bond donors (Lipinski definition) is 0. The first kappa shape index (κ1) is 42.0. The normalized spacial score (nSPS) is 10.8. The van der Waals surface area contributed by atoms with Crippen molar-refractivity contribution in [1.82, 2.24) is 0 Å². The maximum atomic E-state index is 12.3. The summed E-state index contributed by atoms with van der Waals surface area (Å²) in [4.78, 5) is 55.0. The molecule has 8 aromatic rings. The first-order chi connectivity index (χ1) is 30.2. The van der Waals surface area contributed by atoms with Gasteiger partial charge in [-0.3, -0.25) is 0 Å². The smallest absolute Gasteiger partial charge is 0.348 e. The molecule has 0 saturated heterocycles. The highest BCUT2D eigenvalue weighted by atomic mass is 32.1. The van der Waals surface area contributed by atoms with E-state index in [2.05, 4.69) is 97.1 Å². The van der Waals surface area contributed by atoms with Crippen LogP contribution in [0.5, 0.6) is 0 Å². The third-order valence-corrected chi connectivity index (χ3v) is 14.5. The number of thiophene rings is 4. The van der Waals surface area contributed by atoms with Crippen LogP contribution in [0, 0.1) is 0 Å². The van der Waals surface area contributed by atoms with E-state index < -0.39 is 0 Å². The highest BCUT2D eigenvalue weighted by Crippen LogP contribution is 2.41. The summed E-state index contributed by atoms with van der Waals surface area (Å²) in [6.07, 6.45) is 0. The second-order valence-corrected chi connectivity index (χ2v) is 18.0. The van der Waals surface area contributed by atoms with Crippen LogP contribution in [0.15, 0.2) is 146 Å². The Kier molecular flexibility index (Phi) is 12.5. The summed E-state index contributed by atoms with van der Waals surface area (Å²) in [6.45, 7) is 0. The van der Waals surface area contributed by atoms with Crippen molar-refractivity contribution in [2.75, 3.05) is 28.4 Å². The van der Waals surface area contributed by atoms with Crippen molar-refractivity contribution in [1.29, 1.82) is 0 Å². The first-order valence-corrected chi connectivity index (χ1v) is 22.3. The molecule has 0 bridgehead atoms. The predicted molar refractivity (Wildman–Crippen MR) is 249 cm³/mol. The fourth-order valence-corrected chi connectivity index (χ4v) is 10.6. The Bertz CT molecular complexity index is 2540. The van der Waals surface area contributed by atoms with Crippen LogP contribution in [-0.4, -0.2) is 52.3 Å². The van der Waals surface area contributed by atoms with Crippen molar-refractivity contribution < 1.29 is 38.1 Å². The average Bonchev–Trinajstić information content (AvgIpc) is 4.18. The highest BCUT2D eigenvalue weighted by molar-refractivity contribution is 7.18. The Morgan fingerprint density at radius 3 is 0.661 bits per heavy atom. The molecule has 62 heavy (non-hydrogen) atoms. The molecule has 4 aromatic heterocycles. The molecule has 0 saturated carbocycles. The van der Waals surface area contributed by atoms with Gasteiger partial charge in [-0.2, -0.15) is 0 Å². The van der Waals surface area contributed by atoms with Gasteiger partial charge in [0.2, 0.25) is 0 Å². The molecule has 0 atom stereocenters. The molecule has 4 heterocycles. The Balaban J connectivity index is 1.29. The minimum absolute atomic E-state index is 0.372. The van der Waals surface area contributed by atoms with Crippen LogP contribution in [0.3, 0.4) is 0 Å². The van der Waals surface area contributed by atoms with Gasteiger partial charge in [0.1, 0.15) is 19.5 Å². The summed E-state index contributed by atoms with van der Waals surface area (Å²) in [5.41, 5.74) is 9.62. The van der Waals surface area contributed by atoms with Gasteiger partial charge in [-0.05, 0) is 104 Å². The second kappa shape index (κ2) is 18.5. The number of rotatable bonds is 12. The third kappa shape index (κ3) is 8.72. The molecule has 0 spiro atoms. The van der Waals surface area contributed by atoms with Gasteiger partial charge in [0.25, 0.3) is 0 Å². The summed E-state index contributed by atoms with van der Waals surface area (Å²) in [5.74, 6) is -1.49. The third-order valence-electron chi connectivity index (χ3n) is 10.1. The lowest BCUT2D eigenvalue weighted by Gasteiger charge is -2.19. The summed E-state index contributed by atoms with van der Waals surface area (Å²) in [6, 6.07) is 48.1. The average molecular weight is 893 g/mol. The number of ether oxygens (including phenoxy) is 4. The lowest BCUT2D eigenvalue weighted by atomic mass is 9.84. The largest absolute Gasteiger partial charge is 0.465 e. The maximum absolute atomic E-state index is 12.3. The lowest BCUT2D eigenvalue weighted by Crippen LogP contribution is -1.98. The molecule has 0 aliphatic rings. The molecular formula is C50H36O8S4. The lowest BCUT2D eigenvalue weighted by molar-refractivity contribution is 0.0597. The van der Waals surface area contributed by atoms with Crippen LogP contribution in [0.25, 0.3) is 52.9 Å². The number of carbonyl (C=O) groups excluding carboxylic acids is 4. The van der Waals surface area contributed by atoms with Crippen LogP contribution in [0.2, 0.25) is 0 Å². The molecule has 0 N–H and O–H groups in total. The molecule has 0 aliphatic carbocycles. The van der Waals surface area contributed by atoms with Crippen LogP contribution in [0.4, 0.5) is 0 Å². The van der Waals surface area contributed by atoms with Crippen LogP contribution in [0.1, 0.15) is 60.9 Å². The zero-order chi connectivity index (χ0) is 43.3. The summed E-state index contributed by atoms with van der Waals surface area (Å²) < 4.78 is 19.8. The fourth-order valence-electron chi connectivity index (χ4n) is 6.93. The molecular weight excluding hydrogens is 857 g/mol. The Labute approximate surface area is 373 Å². The van der Waals surface area contributed by atoms with E-state index in [4.69, 9.17) is 18.9 Å². The van der Waals surface area contributed by atoms with E-state index in [0.717, 1.165) is 75.2 Å². The van der Waals surface area contributed by atoms with E-state index in [1.165, 1.54) is 73.8 Å². The second-order valence-electron chi connectivity index (χ2n) is 13.7. The highest BCUT2D eigenvalue weighted by Gasteiger charge is 2.20. The minimum atomic E-state index is -0.372. The van der Waals surface area contributed by atoms with Crippen molar-refractivity contribution in [3.63, 3.8) is 0 Å². The number of carbonyl (C=O) groups is 4. The van der Waals surface area contributed by atoms with Crippen molar-refractivity contribution >= 4 is 80.4 Å². The van der Waals surface area contributed by atoms with Gasteiger partial charge in [0.05, 0.1) is 28.4 Å². The molecule has 0 radical (unpaired) electrons. The zero-order valence-electron chi connectivity index (χ0n) is 33.8. The molecule has 8 rings (SSSR count). The van der Waals surface area contributed by atoms with Gasteiger partial charge >= 0.3 is 23.9 Å². The topological polar surface area (TPSA) is 105 Å². The van der Waals surface area contributed by atoms with Crippen molar-refractivity contribution in [2.45, 2.75) is 0 Å². The van der Waals surface area contributed by atoms with Gasteiger partial charge < -0.3 is 18.9 Å². The predicted octanol–water partition coefficient (Wildman–Crippen LogP) is 12.8. The van der Waals surface area contributed by atoms with Crippen molar-refractivity contribution in [3.05, 3.63) is 187 Å². The van der Waals surface area contributed by atoms with E-state index in [0.29, 0.717) is 19.5 Å². The molecule has 0 aliphatic heterocycles. The molecule has 0 fully saturated rings. The summed E-state index contributed by atoms with van der Waals surface area (Å²) >= 11 is 5.51. The van der Waals surface area contributed by atoms with Crippen molar-refractivity contribution in [3.8, 4) is 41.8 Å². The van der Waals surface area contributed by atoms with E-state index in [9.17, 15) is 19.2 Å².